The summed E-state index contributed by atoms with van der Waals surface area (Å²) in [4.78, 5) is 16.3. The minimum absolute atomic E-state index is 0.0867. The molecule has 0 radical (unpaired) electrons. The van der Waals surface area contributed by atoms with E-state index < -0.39 is 30.4 Å². The predicted molar refractivity (Wildman–Crippen MR) is 75.6 cm³/mol. The number of amides is 2. The monoisotopic (exact) mass is 331 g/mol. The maximum atomic E-state index is 12.4. The average Bonchev–Trinajstić information content (AvgIpc) is 3.00. The summed E-state index contributed by atoms with van der Waals surface area (Å²) >= 11 is 0. The van der Waals surface area contributed by atoms with Gasteiger partial charge in [0.15, 0.2) is 11.8 Å². The van der Waals surface area contributed by atoms with Gasteiger partial charge in [0.2, 0.25) is 0 Å². The molecule has 1 unspecified atom stereocenters. The van der Waals surface area contributed by atoms with Crippen molar-refractivity contribution >= 4 is 11.7 Å². The number of halogens is 3. The molecule has 0 spiro atoms. The Morgan fingerprint density at radius 2 is 2.00 bits per heavy atom. The lowest BCUT2D eigenvalue weighted by Crippen LogP contribution is -2.40. The van der Waals surface area contributed by atoms with Gasteiger partial charge in [-0.25, -0.2) is 4.79 Å². The first-order valence-corrected chi connectivity index (χ1v) is 6.89. The van der Waals surface area contributed by atoms with Gasteiger partial charge >= 0.3 is 12.2 Å². The zero-order chi connectivity index (χ0) is 16.9. The molecule has 1 atom stereocenters. The molecule has 2 amide bonds. The molecule has 0 saturated heterocycles. The first kappa shape index (κ1) is 17.1. The number of nitrogens with one attached hydrogen (secondary N) is 2. The summed E-state index contributed by atoms with van der Waals surface area (Å²) in [7, 11) is 0. The fourth-order valence-electron chi connectivity index (χ4n) is 2.03. The van der Waals surface area contributed by atoms with Crippen molar-refractivity contribution in [2.75, 3.05) is 6.54 Å². The Kier molecular flexibility index (Phi) is 5.43. The van der Waals surface area contributed by atoms with Crippen LogP contribution in [0.15, 0.2) is 29.4 Å². The van der Waals surface area contributed by atoms with Crippen molar-refractivity contribution in [3.63, 3.8) is 0 Å². The predicted octanol–water partition coefficient (Wildman–Crippen LogP) is 1.69. The zero-order valence-corrected chi connectivity index (χ0v) is 12.1. The fraction of sp³-hybridized carbons (Fsp3) is 0.429. The Balaban J connectivity index is 1.72. The van der Waals surface area contributed by atoms with Crippen LogP contribution in [0.3, 0.4) is 0 Å². The SMILES string of the molecule is O=C(NCc1ccccc1CO)NCC1CC(C(F)(F)F)=NO1. The number of rotatable bonds is 5. The number of urea groups is 1. The number of hydrogen-bond acceptors (Lipinski definition) is 4. The zero-order valence-electron chi connectivity index (χ0n) is 12.1. The minimum atomic E-state index is -4.51. The summed E-state index contributed by atoms with van der Waals surface area (Å²) in [5.41, 5.74) is 0.460. The van der Waals surface area contributed by atoms with E-state index in [1.165, 1.54) is 0 Å². The normalized spacial score (nSPS) is 17.4. The lowest BCUT2D eigenvalue weighted by atomic mass is 10.1. The number of carbonyl (C=O) groups is 1. The first-order chi connectivity index (χ1) is 10.9. The van der Waals surface area contributed by atoms with Crippen LogP contribution in [0.1, 0.15) is 17.5 Å². The van der Waals surface area contributed by atoms with Crippen molar-refractivity contribution in [2.24, 2.45) is 5.16 Å². The van der Waals surface area contributed by atoms with Crippen LogP contribution in [-0.2, 0) is 18.0 Å². The van der Waals surface area contributed by atoms with E-state index in [0.29, 0.717) is 5.56 Å². The molecule has 1 aliphatic heterocycles. The van der Waals surface area contributed by atoms with Crippen LogP contribution in [-0.4, -0.2) is 35.7 Å². The summed E-state index contributed by atoms with van der Waals surface area (Å²) < 4.78 is 37.1. The third kappa shape index (κ3) is 4.85. The molecule has 1 aromatic rings. The standard InChI is InChI=1S/C14H16F3N3O3/c15-14(16,17)12-5-11(23-20-12)7-19-13(22)18-6-9-3-1-2-4-10(9)8-21/h1-4,11,21H,5-8H2,(H2,18,19,22). The van der Waals surface area contributed by atoms with Crippen molar-refractivity contribution < 1.29 is 27.9 Å². The Bertz CT molecular complexity index is 590. The van der Waals surface area contributed by atoms with Crippen LogP contribution in [0.2, 0.25) is 0 Å². The van der Waals surface area contributed by atoms with E-state index in [4.69, 9.17) is 0 Å². The van der Waals surface area contributed by atoms with E-state index in [1.807, 2.05) is 0 Å². The molecule has 1 aliphatic rings. The molecular formula is C14H16F3N3O3. The van der Waals surface area contributed by atoms with Crippen molar-refractivity contribution in [3.8, 4) is 0 Å². The smallest absolute Gasteiger partial charge is 0.392 e. The van der Waals surface area contributed by atoms with Crippen LogP contribution in [0.4, 0.5) is 18.0 Å². The van der Waals surface area contributed by atoms with Crippen LogP contribution in [0, 0.1) is 0 Å². The Morgan fingerprint density at radius 3 is 2.61 bits per heavy atom. The molecule has 3 N–H and O–H groups in total. The van der Waals surface area contributed by atoms with Gasteiger partial charge in [0, 0.05) is 13.0 Å². The number of carbonyl (C=O) groups excluding carboxylic acids is 1. The third-order valence-electron chi connectivity index (χ3n) is 3.28. The fourth-order valence-corrected chi connectivity index (χ4v) is 2.03. The van der Waals surface area contributed by atoms with Gasteiger partial charge in [0.05, 0.1) is 13.2 Å². The quantitative estimate of drug-likeness (QED) is 0.768. The third-order valence-corrected chi connectivity index (χ3v) is 3.28. The largest absolute Gasteiger partial charge is 0.432 e. The molecule has 0 fully saturated rings. The first-order valence-electron chi connectivity index (χ1n) is 6.89. The molecular weight excluding hydrogens is 315 g/mol. The molecule has 1 aromatic carbocycles. The minimum Gasteiger partial charge on any atom is -0.392 e. The number of aliphatic hydroxyl groups excluding tert-OH is 1. The second kappa shape index (κ2) is 7.32. The van der Waals surface area contributed by atoms with Gasteiger partial charge in [-0.15, -0.1) is 0 Å². The summed E-state index contributed by atoms with van der Waals surface area (Å²) in [5.74, 6) is 0. The summed E-state index contributed by atoms with van der Waals surface area (Å²) in [5, 5.41) is 17.1. The molecule has 6 nitrogen and oxygen atoms in total. The van der Waals surface area contributed by atoms with Crippen LogP contribution in [0.25, 0.3) is 0 Å². The molecule has 1 heterocycles. The molecule has 23 heavy (non-hydrogen) atoms. The van der Waals surface area contributed by atoms with E-state index in [0.717, 1.165) is 5.56 Å². The van der Waals surface area contributed by atoms with Gasteiger partial charge in [-0.3, -0.25) is 0 Å². The molecule has 0 aromatic heterocycles. The molecule has 0 aliphatic carbocycles. The lowest BCUT2D eigenvalue weighted by Gasteiger charge is -2.12. The summed E-state index contributed by atoms with van der Waals surface area (Å²) in [6.07, 6.45) is -5.73. The highest BCUT2D eigenvalue weighted by Crippen LogP contribution is 2.25. The molecule has 2 rings (SSSR count). The van der Waals surface area contributed by atoms with Crippen molar-refractivity contribution in [1.29, 1.82) is 0 Å². The molecule has 126 valence electrons. The van der Waals surface area contributed by atoms with E-state index >= 15 is 0 Å². The average molecular weight is 331 g/mol. The number of hydrogen-bond donors (Lipinski definition) is 3. The summed E-state index contributed by atoms with van der Waals surface area (Å²) in [6.45, 7) is -0.0398. The van der Waals surface area contributed by atoms with Gasteiger partial charge in [-0.1, -0.05) is 29.4 Å². The van der Waals surface area contributed by atoms with Crippen LogP contribution < -0.4 is 10.6 Å². The van der Waals surface area contributed by atoms with Gasteiger partial charge in [-0.05, 0) is 11.1 Å². The topological polar surface area (TPSA) is 83.0 Å². The van der Waals surface area contributed by atoms with Gasteiger partial charge in [-0.2, -0.15) is 13.2 Å². The van der Waals surface area contributed by atoms with Crippen molar-refractivity contribution in [2.45, 2.75) is 31.9 Å². The van der Waals surface area contributed by atoms with E-state index in [9.17, 15) is 23.1 Å². The maximum absolute atomic E-state index is 12.4. The van der Waals surface area contributed by atoms with E-state index in [1.54, 1.807) is 24.3 Å². The van der Waals surface area contributed by atoms with Crippen molar-refractivity contribution in [3.05, 3.63) is 35.4 Å². The Labute approximate surface area is 130 Å². The highest BCUT2D eigenvalue weighted by molar-refractivity contribution is 5.90. The molecule has 0 saturated carbocycles. The Hall–Kier alpha value is -2.29. The number of benzene rings is 1. The Morgan fingerprint density at radius 1 is 1.30 bits per heavy atom. The summed E-state index contributed by atoms with van der Waals surface area (Å²) in [6, 6.07) is 6.50. The molecule has 0 bridgehead atoms. The number of alkyl halides is 3. The van der Waals surface area contributed by atoms with Gasteiger partial charge in [0.1, 0.15) is 0 Å². The van der Waals surface area contributed by atoms with E-state index in [-0.39, 0.29) is 19.7 Å². The van der Waals surface area contributed by atoms with Gasteiger partial charge in [0.25, 0.3) is 0 Å². The lowest BCUT2D eigenvalue weighted by molar-refractivity contribution is -0.0604. The molecule has 9 heteroatoms. The number of aliphatic hydroxyl groups is 1. The van der Waals surface area contributed by atoms with E-state index in [2.05, 4.69) is 20.6 Å². The number of nitrogens with zero attached hydrogens (tertiary/aromatic N) is 1. The second-order valence-electron chi connectivity index (χ2n) is 4.96. The van der Waals surface area contributed by atoms with Gasteiger partial charge < -0.3 is 20.6 Å². The maximum Gasteiger partial charge on any atom is 0.432 e. The second-order valence-corrected chi connectivity index (χ2v) is 4.96. The van der Waals surface area contributed by atoms with Crippen LogP contribution in [0.5, 0.6) is 0 Å². The highest BCUT2D eigenvalue weighted by atomic mass is 19.4. The number of oxime groups is 1. The highest BCUT2D eigenvalue weighted by Gasteiger charge is 2.41. The van der Waals surface area contributed by atoms with Crippen LogP contribution >= 0.6 is 0 Å². The van der Waals surface area contributed by atoms with Crippen molar-refractivity contribution in [1.82, 2.24) is 10.6 Å².